The lowest BCUT2D eigenvalue weighted by atomic mass is 10.3. The number of nitrogens with zero attached hydrogens (tertiary/aromatic N) is 1. The molecule has 0 aliphatic rings. The summed E-state index contributed by atoms with van der Waals surface area (Å²) in [4.78, 5) is 0. The Morgan fingerprint density at radius 3 is 2.65 bits per heavy atom. The zero-order valence-electron chi connectivity index (χ0n) is 11.4. The van der Waals surface area contributed by atoms with E-state index in [2.05, 4.69) is 15.8 Å². The fourth-order valence-electron chi connectivity index (χ4n) is 1.57. The molecule has 0 saturated heterocycles. The Balaban J connectivity index is 1.81. The van der Waals surface area contributed by atoms with E-state index >= 15 is 0 Å². The number of aromatic nitrogens is 1. The van der Waals surface area contributed by atoms with Crippen molar-refractivity contribution in [3.63, 3.8) is 0 Å². The number of nitrogens with one attached hydrogen (secondary N) is 2. The van der Waals surface area contributed by atoms with E-state index in [0.29, 0.717) is 11.7 Å². The summed E-state index contributed by atoms with van der Waals surface area (Å²) in [6.07, 6.45) is 1.76. The molecule has 0 unspecified atom stereocenters. The highest BCUT2D eigenvalue weighted by atomic mass is 32.1. The molecule has 5 nitrogen and oxygen atoms in total. The van der Waals surface area contributed by atoms with Gasteiger partial charge in [0.25, 0.3) is 0 Å². The average molecular weight is 291 g/mol. The van der Waals surface area contributed by atoms with E-state index in [0.717, 1.165) is 17.2 Å². The fourth-order valence-corrected chi connectivity index (χ4v) is 1.76. The number of hydrogen-bond acceptors (Lipinski definition) is 4. The van der Waals surface area contributed by atoms with Gasteiger partial charge in [0.2, 0.25) is 0 Å². The molecular formula is C14H17N3O2S. The minimum Gasteiger partial charge on any atom is -0.491 e. The van der Waals surface area contributed by atoms with Crippen LogP contribution in [0.1, 0.15) is 19.6 Å². The minimum atomic E-state index is 0.165. The first-order chi connectivity index (χ1) is 9.63. The number of ether oxygens (including phenoxy) is 1. The largest absolute Gasteiger partial charge is 0.491 e. The van der Waals surface area contributed by atoms with Crippen LogP contribution in [0.2, 0.25) is 0 Å². The molecule has 20 heavy (non-hydrogen) atoms. The first-order valence-corrected chi connectivity index (χ1v) is 6.75. The van der Waals surface area contributed by atoms with Crippen molar-refractivity contribution in [1.29, 1.82) is 0 Å². The lowest BCUT2D eigenvalue weighted by molar-refractivity contribution is 0.242. The van der Waals surface area contributed by atoms with Crippen LogP contribution in [0.3, 0.4) is 0 Å². The van der Waals surface area contributed by atoms with Crippen molar-refractivity contribution < 1.29 is 9.26 Å². The Kier molecular flexibility index (Phi) is 4.95. The molecule has 6 heteroatoms. The fraction of sp³-hybridized carbons (Fsp3) is 0.286. The molecule has 0 radical (unpaired) electrons. The maximum Gasteiger partial charge on any atom is 0.171 e. The molecule has 0 aliphatic carbocycles. The topological polar surface area (TPSA) is 59.3 Å². The van der Waals surface area contributed by atoms with Gasteiger partial charge in [0.1, 0.15) is 5.75 Å². The van der Waals surface area contributed by atoms with Crippen molar-refractivity contribution in [2.45, 2.75) is 26.5 Å². The summed E-state index contributed by atoms with van der Waals surface area (Å²) in [5.41, 5.74) is 0.899. The first kappa shape index (κ1) is 14.3. The van der Waals surface area contributed by atoms with E-state index in [9.17, 15) is 0 Å². The van der Waals surface area contributed by atoms with Gasteiger partial charge in [-0.25, -0.2) is 0 Å². The summed E-state index contributed by atoms with van der Waals surface area (Å²) in [6, 6.07) is 9.43. The summed E-state index contributed by atoms with van der Waals surface area (Å²) in [6.45, 7) is 4.49. The van der Waals surface area contributed by atoms with Crippen molar-refractivity contribution in [1.82, 2.24) is 10.5 Å². The molecule has 0 bridgehead atoms. The molecule has 1 aromatic carbocycles. The molecule has 1 aromatic heterocycles. The summed E-state index contributed by atoms with van der Waals surface area (Å²) in [5.74, 6) is 1.57. The Morgan fingerprint density at radius 2 is 2.05 bits per heavy atom. The first-order valence-electron chi connectivity index (χ1n) is 6.34. The maximum absolute atomic E-state index is 5.58. The second-order valence-corrected chi connectivity index (χ2v) is 4.89. The number of thiocarbonyl (C=S) groups is 1. The molecular weight excluding hydrogens is 274 g/mol. The molecule has 2 N–H and O–H groups in total. The molecule has 0 aliphatic heterocycles. The van der Waals surface area contributed by atoms with E-state index < -0.39 is 0 Å². The van der Waals surface area contributed by atoms with Gasteiger partial charge < -0.3 is 19.9 Å². The van der Waals surface area contributed by atoms with E-state index in [1.54, 1.807) is 12.3 Å². The molecule has 2 aromatic rings. The summed E-state index contributed by atoms with van der Waals surface area (Å²) >= 11 is 5.20. The second kappa shape index (κ2) is 6.91. The Bertz CT molecular complexity index is 538. The van der Waals surface area contributed by atoms with Gasteiger partial charge >= 0.3 is 0 Å². The van der Waals surface area contributed by atoms with Gasteiger partial charge in [-0.05, 0) is 50.3 Å². The van der Waals surface area contributed by atoms with Crippen molar-refractivity contribution >= 4 is 23.0 Å². The van der Waals surface area contributed by atoms with Gasteiger partial charge in [-0.2, -0.15) is 0 Å². The summed E-state index contributed by atoms with van der Waals surface area (Å²) in [7, 11) is 0. The van der Waals surface area contributed by atoms with Gasteiger partial charge in [0.15, 0.2) is 10.9 Å². The van der Waals surface area contributed by atoms with Gasteiger partial charge in [0.05, 0.1) is 18.8 Å². The molecule has 0 spiro atoms. The summed E-state index contributed by atoms with van der Waals surface area (Å²) in [5, 5.41) is 10.3. The highest BCUT2D eigenvalue weighted by Crippen LogP contribution is 2.16. The number of hydrogen-bond donors (Lipinski definition) is 2. The zero-order chi connectivity index (χ0) is 14.4. The minimum absolute atomic E-state index is 0.165. The van der Waals surface area contributed by atoms with Gasteiger partial charge in [-0.1, -0.05) is 5.16 Å². The van der Waals surface area contributed by atoms with Gasteiger partial charge in [-0.15, -0.1) is 0 Å². The zero-order valence-corrected chi connectivity index (χ0v) is 12.2. The van der Waals surface area contributed by atoms with E-state index in [-0.39, 0.29) is 6.10 Å². The van der Waals surface area contributed by atoms with Crippen LogP contribution in [-0.4, -0.2) is 16.4 Å². The lowest BCUT2D eigenvalue weighted by Crippen LogP contribution is -2.27. The van der Waals surface area contributed by atoms with Crippen LogP contribution >= 0.6 is 12.2 Å². The molecule has 0 saturated carbocycles. The van der Waals surface area contributed by atoms with Gasteiger partial charge in [0, 0.05) is 11.8 Å². The van der Waals surface area contributed by atoms with Gasteiger partial charge in [-0.3, -0.25) is 0 Å². The Labute approximate surface area is 123 Å². The Morgan fingerprint density at radius 1 is 1.30 bits per heavy atom. The van der Waals surface area contributed by atoms with Crippen LogP contribution in [0.15, 0.2) is 41.1 Å². The third kappa shape index (κ3) is 4.55. The van der Waals surface area contributed by atoms with Crippen molar-refractivity contribution in [2.24, 2.45) is 0 Å². The average Bonchev–Trinajstić information content (AvgIpc) is 2.91. The third-order valence-corrected chi connectivity index (χ3v) is 2.64. The van der Waals surface area contributed by atoms with Crippen molar-refractivity contribution in [3.05, 3.63) is 42.3 Å². The smallest absolute Gasteiger partial charge is 0.171 e. The normalized spacial score (nSPS) is 10.3. The second-order valence-electron chi connectivity index (χ2n) is 4.48. The highest BCUT2D eigenvalue weighted by Gasteiger charge is 2.01. The SMILES string of the molecule is CC(C)Oc1ccc(NC(=S)NCc2ccno2)cc1. The maximum atomic E-state index is 5.58. The summed E-state index contributed by atoms with van der Waals surface area (Å²) < 4.78 is 10.5. The highest BCUT2D eigenvalue weighted by molar-refractivity contribution is 7.80. The van der Waals surface area contributed by atoms with Crippen LogP contribution in [-0.2, 0) is 6.54 Å². The van der Waals surface area contributed by atoms with Crippen LogP contribution in [0.25, 0.3) is 0 Å². The quantitative estimate of drug-likeness (QED) is 0.826. The monoisotopic (exact) mass is 291 g/mol. The lowest BCUT2D eigenvalue weighted by Gasteiger charge is -2.12. The van der Waals surface area contributed by atoms with Crippen molar-refractivity contribution in [2.75, 3.05) is 5.32 Å². The molecule has 0 fully saturated rings. The predicted molar refractivity (Wildman–Crippen MR) is 81.8 cm³/mol. The van der Waals surface area contributed by atoms with Crippen LogP contribution in [0.4, 0.5) is 5.69 Å². The molecule has 106 valence electrons. The van der Waals surface area contributed by atoms with Crippen molar-refractivity contribution in [3.8, 4) is 5.75 Å². The third-order valence-electron chi connectivity index (χ3n) is 2.40. The molecule has 1 heterocycles. The van der Waals surface area contributed by atoms with Crippen LogP contribution in [0.5, 0.6) is 5.75 Å². The van der Waals surface area contributed by atoms with Crippen LogP contribution in [0, 0.1) is 0 Å². The van der Waals surface area contributed by atoms with E-state index in [4.69, 9.17) is 21.5 Å². The number of benzene rings is 1. The number of anilines is 1. The number of rotatable bonds is 5. The standard InChI is InChI=1S/C14H17N3O2S/c1-10(2)18-12-5-3-11(4-6-12)17-14(20)15-9-13-7-8-16-19-13/h3-8,10H,9H2,1-2H3,(H2,15,17,20). The van der Waals surface area contributed by atoms with E-state index in [1.807, 2.05) is 38.1 Å². The Hall–Kier alpha value is -2.08. The van der Waals surface area contributed by atoms with E-state index in [1.165, 1.54) is 0 Å². The molecule has 0 atom stereocenters. The molecule has 0 amide bonds. The molecule has 2 rings (SSSR count). The van der Waals surface area contributed by atoms with Crippen LogP contribution < -0.4 is 15.4 Å². The predicted octanol–water partition coefficient (Wildman–Crippen LogP) is 2.95.